The Morgan fingerprint density at radius 1 is 1.39 bits per heavy atom. The maximum atomic E-state index is 13.5. The summed E-state index contributed by atoms with van der Waals surface area (Å²) in [5.41, 5.74) is 0.400. The van der Waals surface area contributed by atoms with Gasteiger partial charge >= 0.3 is 0 Å². The molecule has 0 aliphatic carbocycles. The van der Waals surface area contributed by atoms with Crippen LogP contribution in [0.4, 0.5) is 4.39 Å². The highest BCUT2D eigenvalue weighted by molar-refractivity contribution is 6.08. The Balaban J connectivity index is 2.33. The number of carbonyl (C=O) groups is 2. The molecule has 0 aromatic heterocycles. The average molecular weight is 322 g/mol. The maximum absolute atomic E-state index is 13.5. The fraction of sp³-hybridized carbons (Fsp3) is 0.375. The number of nitrogens with zero attached hydrogens (tertiary/aromatic N) is 1. The molecule has 6 nitrogen and oxygen atoms in total. The Morgan fingerprint density at radius 3 is 2.74 bits per heavy atom. The second-order valence-corrected chi connectivity index (χ2v) is 5.25. The molecule has 1 atom stereocenters. The van der Waals surface area contributed by atoms with E-state index in [0.29, 0.717) is 18.7 Å². The van der Waals surface area contributed by atoms with Gasteiger partial charge in [0.15, 0.2) is 11.5 Å². The molecule has 3 N–H and O–H groups in total. The summed E-state index contributed by atoms with van der Waals surface area (Å²) >= 11 is 0. The highest BCUT2D eigenvalue weighted by atomic mass is 19.1. The van der Waals surface area contributed by atoms with Crippen LogP contribution in [0.5, 0.6) is 0 Å². The lowest BCUT2D eigenvalue weighted by Crippen LogP contribution is -2.37. The van der Waals surface area contributed by atoms with Crippen LogP contribution in [0.1, 0.15) is 18.5 Å². The third-order valence-electron chi connectivity index (χ3n) is 3.67. The van der Waals surface area contributed by atoms with Crippen LogP contribution in [0.25, 0.3) is 0 Å². The van der Waals surface area contributed by atoms with Gasteiger partial charge in [-0.3, -0.25) is 9.59 Å². The maximum Gasteiger partial charge on any atom is 0.290 e. The van der Waals surface area contributed by atoms with Crippen LogP contribution in [0, 0.1) is 5.82 Å². The van der Waals surface area contributed by atoms with Crippen molar-refractivity contribution >= 4 is 11.7 Å². The van der Waals surface area contributed by atoms with Gasteiger partial charge in [0.25, 0.3) is 5.91 Å². The van der Waals surface area contributed by atoms with Crippen molar-refractivity contribution in [3.63, 3.8) is 0 Å². The number of ketones is 1. The van der Waals surface area contributed by atoms with E-state index in [-0.39, 0.29) is 18.7 Å². The van der Waals surface area contributed by atoms with E-state index >= 15 is 0 Å². The van der Waals surface area contributed by atoms with E-state index < -0.39 is 29.3 Å². The molecule has 7 heteroatoms. The van der Waals surface area contributed by atoms with Gasteiger partial charge in [0.05, 0.1) is 18.2 Å². The molecule has 0 fully saturated rings. The Kier molecular flexibility index (Phi) is 5.46. The third kappa shape index (κ3) is 3.57. The molecule has 1 aliphatic heterocycles. The first-order valence-electron chi connectivity index (χ1n) is 7.29. The minimum absolute atomic E-state index is 0.0252. The minimum Gasteiger partial charge on any atom is -0.503 e. The first kappa shape index (κ1) is 17.1. The summed E-state index contributed by atoms with van der Waals surface area (Å²) in [6.07, 6.45) is 0. The first-order chi connectivity index (χ1) is 11.0. The zero-order chi connectivity index (χ0) is 17.0. The molecule has 1 amide bonds. The van der Waals surface area contributed by atoms with Crippen molar-refractivity contribution < 1.29 is 24.2 Å². The van der Waals surface area contributed by atoms with Crippen molar-refractivity contribution in [1.29, 1.82) is 0 Å². The largest absolute Gasteiger partial charge is 0.503 e. The molecule has 0 unspecified atom stereocenters. The van der Waals surface area contributed by atoms with Gasteiger partial charge in [-0.05, 0) is 24.6 Å². The number of nitrogens with one attached hydrogen (secondary N) is 1. The number of amides is 1. The van der Waals surface area contributed by atoms with E-state index in [1.54, 1.807) is 6.07 Å². The number of hydrogen-bond donors (Lipinski definition) is 3. The van der Waals surface area contributed by atoms with Crippen molar-refractivity contribution in [3.8, 4) is 0 Å². The Bertz CT molecular complexity index is 645. The van der Waals surface area contributed by atoms with Gasteiger partial charge in [0, 0.05) is 19.6 Å². The summed E-state index contributed by atoms with van der Waals surface area (Å²) in [4.78, 5) is 25.4. The molecule has 23 heavy (non-hydrogen) atoms. The highest BCUT2D eigenvalue weighted by Crippen LogP contribution is 2.37. The van der Waals surface area contributed by atoms with Gasteiger partial charge in [-0.2, -0.15) is 0 Å². The van der Waals surface area contributed by atoms with Gasteiger partial charge in [-0.1, -0.05) is 12.1 Å². The summed E-state index contributed by atoms with van der Waals surface area (Å²) in [5, 5.41) is 21.7. The van der Waals surface area contributed by atoms with Gasteiger partial charge in [-0.25, -0.2) is 4.39 Å². The van der Waals surface area contributed by atoms with Crippen LogP contribution in [0.15, 0.2) is 35.6 Å². The molecule has 2 rings (SSSR count). The smallest absolute Gasteiger partial charge is 0.290 e. The molecule has 0 saturated carbocycles. The van der Waals surface area contributed by atoms with Crippen LogP contribution >= 0.6 is 0 Å². The second-order valence-electron chi connectivity index (χ2n) is 5.25. The number of benzene rings is 1. The molecule has 1 aromatic carbocycles. The number of hydrogen-bond acceptors (Lipinski definition) is 5. The summed E-state index contributed by atoms with van der Waals surface area (Å²) < 4.78 is 13.5. The Hall–Kier alpha value is -2.25. The van der Waals surface area contributed by atoms with Crippen LogP contribution in [-0.4, -0.2) is 53.0 Å². The van der Waals surface area contributed by atoms with Crippen LogP contribution < -0.4 is 5.32 Å². The molecule has 124 valence electrons. The van der Waals surface area contributed by atoms with Gasteiger partial charge in [0.2, 0.25) is 0 Å². The normalized spacial score (nSPS) is 18.0. The number of aliphatic hydroxyl groups excluding tert-OH is 2. The summed E-state index contributed by atoms with van der Waals surface area (Å²) in [6, 6.07) is 4.80. The first-order valence-corrected chi connectivity index (χ1v) is 7.29. The van der Waals surface area contributed by atoms with Crippen LogP contribution in [-0.2, 0) is 9.59 Å². The Labute approximate surface area is 133 Å². The van der Waals surface area contributed by atoms with Crippen molar-refractivity contribution in [2.45, 2.75) is 13.0 Å². The predicted molar refractivity (Wildman–Crippen MR) is 81.1 cm³/mol. The minimum atomic E-state index is -0.813. The van der Waals surface area contributed by atoms with E-state index in [4.69, 9.17) is 5.11 Å². The molecule has 1 aliphatic rings. The molecule has 1 aromatic rings. The van der Waals surface area contributed by atoms with Crippen LogP contribution in [0.2, 0.25) is 0 Å². The van der Waals surface area contributed by atoms with Gasteiger partial charge in [-0.15, -0.1) is 0 Å². The average Bonchev–Trinajstić information content (AvgIpc) is 2.76. The number of rotatable bonds is 7. The molecular formula is C16H19FN2O4. The highest BCUT2D eigenvalue weighted by Gasteiger charge is 2.42. The topological polar surface area (TPSA) is 89.9 Å². The number of aliphatic hydroxyl groups is 2. The Morgan fingerprint density at radius 2 is 2.13 bits per heavy atom. The van der Waals surface area contributed by atoms with Crippen molar-refractivity contribution in [2.75, 3.05) is 26.2 Å². The molecule has 0 radical (unpaired) electrons. The van der Waals surface area contributed by atoms with Crippen molar-refractivity contribution in [3.05, 3.63) is 47.0 Å². The monoisotopic (exact) mass is 322 g/mol. The lowest BCUT2D eigenvalue weighted by Gasteiger charge is -2.26. The standard InChI is InChI=1S/C16H19FN2O4/c1-10(21)13-14(11-3-2-4-12(17)9-11)19(16(23)15(13)22)7-5-18-6-8-20/h2-4,9,14,18,20,22H,5-8H2,1H3/t14-/m1/s1. The zero-order valence-electron chi connectivity index (χ0n) is 12.8. The molecule has 1 heterocycles. The zero-order valence-corrected chi connectivity index (χ0v) is 12.8. The fourth-order valence-corrected chi connectivity index (χ4v) is 2.67. The van der Waals surface area contributed by atoms with Gasteiger partial charge in [0.1, 0.15) is 5.82 Å². The SMILES string of the molecule is CC(=O)C1=C(O)C(=O)N(CCNCCO)[C@@H]1c1cccc(F)c1. The van der Waals surface area contributed by atoms with E-state index in [0.717, 1.165) is 0 Å². The lowest BCUT2D eigenvalue weighted by molar-refractivity contribution is -0.129. The van der Waals surface area contributed by atoms with Gasteiger partial charge < -0.3 is 20.4 Å². The van der Waals surface area contributed by atoms with Crippen molar-refractivity contribution in [1.82, 2.24) is 10.2 Å². The van der Waals surface area contributed by atoms with E-state index in [2.05, 4.69) is 5.32 Å². The summed E-state index contributed by atoms with van der Waals surface area (Å²) in [5.74, 6) is -2.16. The summed E-state index contributed by atoms with van der Waals surface area (Å²) in [7, 11) is 0. The second kappa shape index (κ2) is 7.34. The number of carbonyl (C=O) groups excluding carboxylic acids is 2. The van der Waals surface area contributed by atoms with Crippen molar-refractivity contribution in [2.24, 2.45) is 0 Å². The fourth-order valence-electron chi connectivity index (χ4n) is 2.67. The molecule has 0 bridgehead atoms. The molecule has 0 spiro atoms. The quantitative estimate of drug-likeness (QED) is 0.643. The van der Waals surface area contributed by atoms with Crippen LogP contribution in [0.3, 0.4) is 0 Å². The lowest BCUT2D eigenvalue weighted by atomic mass is 9.96. The molecule has 0 saturated heterocycles. The number of Topliss-reactive ketones (excluding diaryl/α,β-unsaturated/α-hetero) is 1. The van der Waals surface area contributed by atoms with E-state index in [1.807, 2.05) is 0 Å². The molecular weight excluding hydrogens is 303 g/mol. The predicted octanol–water partition coefficient (Wildman–Crippen LogP) is 0.692. The summed E-state index contributed by atoms with van der Waals surface area (Å²) in [6.45, 7) is 2.17. The third-order valence-corrected chi connectivity index (χ3v) is 3.67. The van der Waals surface area contributed by atoms with E-state index in [9.17, 15) is 19.1 Å². The van der Waals surface area contributed by atoms with E-state index in [1.165, 1.54) is 30.0 Å². The number of halogens is 1.